The van der Waals surface area contributed by atoms with Gasteiger partial charge in [0, 0.05) is 24.7 Å². The van der Waals surface area contributed by atoms with Crippen molar-refractivity contribution in [3.8, 4) is 11.3 Å². The van der Waals surface area contributed by atoms with Crippen molar-refractivity contribution in [2.45, 2.75) is 0 Å². The van der Waals surface area contributed by atoms with E-state index in [9.17, 15) is 9.59 Å². The molecule has 0 spiro atoms. The van der Waals surface area contributed by atoms with Crippen LogP contribution in [0.5, 0.6) is 0 Å². The summed E-state index contributed by atoms with van der Waals surface area (Å²) < 4.78 is 0.818. The smallest absolute Gasteiger partial charge is 0.330 e. The number of hydrogen-bond donors (Lipinski definition) is 1. The Bertz CT molecular complexity index is 764. The largest absolute Gasteiger partial charge is 0.333 e. The van der Waals surface area contributed by atoms with Gasteiger partial charge in [0.1, 0.15) is 0 Å². The molecule has 1 aromatic carbocycles. The molecule has 0 saturated carbocycles. The van der Waals surface area contributed by atoms with Crippen molar-refractivity contribution in [2.75, 3.05) is 14.1 Å². The molecule has 20 heavy (non-hydrogen) atoms. The van der Waals surface area contributed by atoms with Crippen molar-refractivity contribution in [3.05, 3.63) is 44.4 Å². The molecule has 0 atom stereocenters. The van der Waals surface area contributed by atoms with Crippen molar-refractivity contribution in [1.82, 2.24) is 19.7 Å². The van der Waals surface area contributed by atoms with E-state index in [2.05, 4.69) is 10.2 Å². The van der Waals surface area contributed by atoms with E-state index in [1.54, 1.807) is 24.3 Å². The predicted octanol–water partition coefficient (Wildman–Crippen LogP) is 2.15. The number of amides is 1. The molecule has 0 radical (unpaired) electrons. The molecule has 1 N–H and O–H groups in total. The van der Waals surface area contributed by atoms with Crippen molar-refractivity contribution in [3.63, 3.8) is 0 Å². The SMILES string of the molecule is CN(C)C(=O)n1c(=S)[nH]nc(-c2ccc(Cl)cc2)c1=O. The zero-order valence-electron chi connectivity index (χ0n) is 10.8. The second kappa shape index (κ2) is 5.56. The minimum atomic E-state index is -0.574. The van der Waals surface area contributed by atoms with E-state index in [4.69, 9.17) is 23.8 Å². The molecule has 1 aromatic heterocycles. The van der Waals surface area contributed by atoms with Crippen LogP contribution in [0.4, 0.5) is 4.79 Å². The molecule has 104 valence electrons. The summed E-state index contributed by atoms with van der Waals surface area (Å²) in [5, 5.41) is 6.95. The van der Waals surface area contributed by atoms with E-state index in [1.807, 2.05) is 0 Å². The molecule has 1 heterocycles. The van der Waals surface area contributed by atoms with E-state index in [0.29, 0.717) is 10.6 Å². The third-order valence-electron chi connectivity index (χ3n) is 2.56. The molecular weight excluding hydrogens is 300 g/mol. The topological polar surface area (TPSA) is 71.0 Å². The van der Waals surface area contributed by atoms with Crippen LogP contribution in [-0.2, 0) is 0 Å². The minimum Gasteiger partial charge on any atom is -0.330 e. The van der Waals surface area contributed by atoms with Gasteiger partial charge in [-0.05, 0) is 24.4 Å². The Hall–Kier alpha value is -1.99. The van der Waals surface area contributed by atoms with Gasteiger partial charge in [-0.2, -0.15) is 9.67 Å². The van der Waals surface area contributed by atoms with Crippen LogP contribution in [-0.4, -0.2) is 39.8 Å². The van der Waals surface area contributed by atoms with Gasteiger partial charge in [0.25, 0.3) is 5.56 Å². The fourth-order valence-corrected chi connectivity index (χ4v) is 1.90. The Kier molecular flexibility index (Phi) is 4.01. The molecule has 6 nitrogen and oxygen atoms in total. The van der Waals surface area contributed by atoms with Crippen LogP contribution < -0.4 is 5.56 Å². The number of hydrogen-bond acceptors (Lipinski definition) is 4. The second-order valence-electron chi connectivity index (χ2n) is 4.20. The maximum absolute atomic E-state index is 12.4. The first kappa shape index (κ1) is 14.4. The number of nitrogens with one attached hydrogen (secondary N) is 1. The number of aromatic nitrogens is 3. The van der Waals surface area contributed by atoms with Gasteiger partial charge in [-0.3, -0.25) is 9.89 Å². The van der Waals surface area contributed by atoms with E-state index in [1.165, 1.54) is 19.0 Å². The highest BCUT2D eigenvalue weighted by atomic mass is 35.5. The molecule has 2 rings (SSSR count). The standard InChI is InChI=1S/C12H11ClN4O2S/c1-16(2)12(19)17-10(18)9(14-15-11(17)20)7-3-5-8(13)6-4-7/h3-6H,1-2H3,(H,15,20). The van der Waals surface area contributed by atoms with Crippen molar-refractivity contribution < 1.29 is 4.79 Å². The summed E-state index contributed by atoms with van der Waals surface area (Å²) in [4.78, 5) is 25.6. The molecule has 0 bridgehead atoms. The van der Waals surface area contributed by atoms with Gasteiger partial charge in [0.05, 0.1) is 0 Å². The Morgan fingerprint density at radius 2 is 1.95 bits per heavy atom. The van der Waals surface area contributed by atoms with Crippen LogP contribution in [0.15, 0.2) is 29.1 Å². The van der Waals surface area contributed by atoms with Gasteiger partial charge in [0.2, 0.25) is 4.77 Å². The minimum absolute atomic E-state index is 0.0496. The average Bonchev–Trinajstić information content (AvgIpc) is 2.40. The van der Waals surface area contributed by atoms with E-state index >= 15 is 0 Å². The number of carbonyl (C=O) groups excluding carboxylic acids is 1. The van der Waals surface area contributed by atoms with Gasteiger partial charge >= 0.3 is 6.03 Å². The number of H-pyrrole nitrogens is 1. The number of carbonyl (C=O) groups is 1. The molecule has 0 aliphatic rings. The highest BCUT2D eigenvalue weighted by molar-refractivity contribution is 7.71. The maximum atomic E-state index is 12.4. The van der Waals surface area contributed by atoms with Crippen LogP contribution >= 0.6 is 23.8 Å². The average molecular weight is 311 g/mol. The molecule has 0 fully saturated rings. The summed E-state index contributed by atoms with van der Waals surface area (Å²) in [6.07, 6.45) is 0. The molecule has 0 aliphatic carbocycles. The van der Waals surface area contributed by atoms with Gasteiger partial charge in [0.15, 0.2) is 5.69 Å². The first-order chi connectivity index (χ1) is 9.41. The van der Waals surface area contributed by atoms with E-state index in [-0.39, 0.29) is 10.5 Å². The number of halogens is 1. The monoisotopic (exact) mass is 310 g/mol. The molecular formula is C12H11ClN4O2S. The van der Waals surface area contributed by atoms with E-state index < -0.39 is 11.6 Å². The number of rotatable bonds is 1. The van der Waals surface area contributed by atoms with E-state index in [0.717, 1.165) is 4.57 Å². The lowest BCUT2D eigenvalue weighted by Crippen LogP contribution is -2.37. The Morgan fingerprint density at radius 1 is 1.35 bits per heavy atom. The molecule has 0 unspecified atom stereocenters. The lowest BCUT2D eigenvalue weighted by atomic mass is 10.2. The first-order valence-electron chi connectivity index (χ1n) is 5.61. The van der Waals surface area contributed by atoms with Gasteiger partial charge < -0.3 is 4.90 Å². The van der Waals surface area contributed by atoms with Crippen LogP contribution in [0.2, 0.25) is 5.02 Å². The quantitative estimate of drug-likeness (QED) is 0.819. The molecule has 0 saturated heterocycles. The molecule has 0 aliphatic heterocycles. The Balaban J connectivity index is 2.66. The third kappa shape index (κ3) is 2.63. The van der Waals surface area contributed by atoms with Gasteiger partial charge in [-0.1, -0.05) is 23.7 Å². The second-order valence-corrected chi connectivity index (χ2v) is 5.02. The predicted molar refractivity (Wildman–Crippen MR) is 78.6 cm³/mol. The zero-order valence-corrected chi connectivity index (χ0v) is 12.3. The summed E-state index contributed by atoms with van der Waals surface area (Å²) in [6.45, 7) is 0. The first-order valence-corrected chi connectivity index (χ1v) is 6.40. The lowest BCUT2D eigenvalue weighted by molar-refractivity contribution is 0.217. The van der Waals surface area contributed by atoms with Crippen LogP contribution in [0.25, 0.3) is 11.3 Å². The summed E-state index contributed by atoms with van der Waals surface area (Å²) in [5.41, 5.74) is 0.0752. The fourth-order valence-electron chi connectivity index (χ4n) is 1.57. The number of benzene rings is 1. The van der Waals surface area contributed by atoms with Gasteiger partial charge in [-0.15, -0.1) is 0 Å². The maximum Gasteiger partial charge on any atom is 0.333 e. The Labute approximate surface area is 124 Å². The molecule has 8 heteroatoms. The van der Waals surface area contributed by atoms with Crippen molar-refractivity contribution in [2.24, 2.45) is 0 Å². The zero-order chi connectivity index (χ0) is 14.9. The highest BCUT2D eigenvalue weighted by Crippen LogP contribution is 2.16. The fraction of sp³-hybridized carbons (Fsp3) is 0.167. The normalized spacial score (nSPS) is 10.3. The van der Waals surface area contributed by atoms with Crippen LogP contribution in [0.1, 0.15) is 0 Å². The summed E-state index contributed by atoms with van der Waals surface area (Å²) in [5.74, 6) is 0. The number of aromatic amines is 1. The van der Waals surface area contributed by atoms with Crippen molar-refractivity contribution >= 4 is 29.8 Å². The van der Waals surface area contributed by atoms with Gasteiger partial charge in [-0.25, -0.2) is 4.79 Å². The van der Waals surface area contributed by atoms with Crippen molar-refractivity contribution in [1.29, 1.82) is 0 Å². The van der Waals surface area contributed by atoms with Crippen LogP contribution in [0, 0.1) is 4.77 Å². The summed E-state index contributed by atoms with van der Waals surface area (Å²) in [6, 6.07) is 6.03. The Morgan fingerprint density at radius 3 is 2.50 bits per heavy atom. The summed E-state index contributed by atoms with van der Waals surface area (Å²) in [7, 11) is 3.07. The third-order valence-corrected chi connectivity index (χ3v) is 3.09. The number of nitrogens with zero attached hydrogens (tertiary/aromatic N) is 3. The molecule has 1 amide bonds. The highest BCUT2D eigenvalue weighted by Gasteiger charge is 2.16. The lowest BCUT2D eigenvalue weighted by Gasteiger charge is -2.12. The molecule has 2 aromatic rings. The summed E-state index contributed by atoms with van der Waals surface area (Å²) >= 11 is 10.7. The van der Waals surface area contributed by atoms with Crippen LogP contribution in [0.3, 0.4) is 0 Å².